The summed E-state index contributed by atoms with van der Waals surface area (Å²) in [5.74, 6) is 1.05. The lowest BCUT2D eigenvalue weighted by atomic mass is 10.0. The molecule has 0 aromatic heterocycles. The minimum Gasteiger partial charge on any atom is -0.493 e. The Labute approximate surface area is 182 Å². The average molecular weight is 433 g/mol. The number of rotatable bonds is 10. The van der Waals surface area contributed by atoms with Gasteiger partial charge in [-0.25, -0.2) is 0 Å². The molecule has 0 saturated heterocycles. The van der Waals surface area contributed by atoms with E-state index in [9.17, 15) is 9.59 Å². The van der Waals surface area contributed by atoms with E-state index in [2.05, 4.69) is 10.6 Å². The molecule has 0 saturated carbocycles. The van der Waals surface area contributed by atoms with Crippen molar-refractivity contribution in [3.05, 3.63) is 58.6 Å². The molecule has 30 heavy (non-hydrogen) atoms. The quantitative estimate of drug-likeness (QED) is 0.597. The van der Waals surface area contributed by atoms with Gasteiger partial charge in [-0.3, -0.25) is 9.59 Å². The monoisotopic (exact) mass is 432 g/mol. The van der Waals surface area contributed by atoms with Gasteiger partial charge < -0.3 is 20.1 Å². The lowest BCUT2D eigenvalue weighted by Crippen LogP contribution is -2.47. The third-order valence-electron chi connectivity index (χ3n) is 4.60. The van der Waals surface area contributed by atoms with E-state index >= 15 is 0 Å². The van der Waals surface area contributed by atoms with Crippen molar-refractivity contribution in [1.82, 2.24) is 10.6 Å². The van der Waals surface area contributed by atoms with Crippen molar-refractivity contribution in [1.29, 1.82) is 0 Å². The summed E-state index contributed by atoms with van der Waals surface area (Å²) < 4.78 is 10.6. The molecule has 1 unspecified atom stereocenters. The molecule has 2 rings (SSSR count). The molecule has 2 N–H and O–H groups in total. The molecule has 162 valence electrons. The van der Waals surface area contributed by atoms with E-state index in [1.54, 1.807) is 38.5 Å². The Morgan fingerprint density at radius 3 is 2.27 bits per heavy atom. The summed E-state index contributed by atoms with van der Waals surface area (Å²) in [6, 6.07) is 11.6. The van der Waals surface area contributed by atoms with E-state index in [4.69, 9.17) is 21.1 Å². The summed E-state index contributed by atoms with van der Waals surface area (Å²) in [6.07, 6.45) is 1.17. The van der Waals surface area contributed by atoms with Gasteiger partial charge in [-0.1, -0.05) is 31.5 Å². The minimum absolute atomic E-state index is 0.202. The fourth-order valence-electron chi connectivity index (χ4n) is 3.04. The molecule has 0 radical (unpaired) electrons. The number of benzene rings is 2. The van der Waals surface area contributed by atoms with Crippen molar-refractivity contribution in [3.8, 4) is 11.5 Å². The number of amides is 2. The summed E-state index contributed by atoms with van der Waals surface area (Å²) in [4.78, 5) is 25.2. The van der Waals surface area contributed by atoms with Crippen LogP contribution >= 0.6 is 11.6 Å². The molecule has 0 aliphatic heterocycles. The van der Waals surface area contributed by atoms with Gasteiger partial charge in [-0.2, -0.15) is 0 Å². The van der Waals surface area contributed by atoms with Gasteiger partial charge in [0.05, 0.1) is 14.2 Å². The number of carbonyl (C=O) groups excluding carboxylic acids is 2. The highest BCUT2D eigenvalue weighted by atomic mass is 35.5. The Kier molecular flexibility index (Phi) is 8.99. The van der Waals surface area contributed by atoms with Crippen LogP contribution in [0.1, 0.15) is 36.2 Å². The van der Waals surface area contributed by atoms with Gasteiger partial charge in [0.25, 0.3) is 5.91 Å². The summed E-state index contributed by atoms with van der Waals surface area (Å²) in [5, 5.41) is 6.31. The first kappa shape index (κ1) is 23.5. The summed E-state index contributed by atoms with van der Waals surface area (Å²) in [5.41, 5.74) is 1.48. The van der Waals surface area contributed by atoms with Crippen molar-refractivity contribution in [2.75, 3.05) is 20.8 Å². The first-order chi connectivity index (χ1) is 14.3. The SMILES string of the molecule is COc1ccc(CCNC(=O)C(CC(C)C)NC(=O)c2ccc(Cl)cc2)cc1OC. The zero-order chi connectivity index (χ0) is 22.1. The zero-order valence-corrected chi connectivity index (χ0v) is 18.6. The second-order valence-electron chi connectivity index (χ2n) is 7.39. The van der Waals surface area contributed by atoms with E-state index in [-0.39, 0.29) is 17.7 Å². The predicted molar refractivity (Wildman–Crippen MR) is 118 cm³/mol. The molecule has 0 aliphatic carbocycles. The van der Waals surface area contributed by atoms with Gasteiger partial charge in [0.15, 0.2) is 11.5 Å². The Morgan fingerprint density at radius 2 is 1.67 bits per heavy atom. The largest absolute Gasteiger partial charge is 0.493 e. The van der Waals surface area contributed by atoms with Crippen molar-refractivity contribution in [3.63, 3.8) is 0 Å². The van der Waals surface area contributed by atoms with Gasteiger partial charge in [0, 0.05) is 17.1 Å². The smallest absolute Gasteiger partial charge is 0.251 e. The number of hydrogen-bond donors (Lipinski definition) is 2. The van der Waals surface area contributed by atoms with Crippen molar-refractivity contribution in [2.24, 2.45) is 5.92 Å². The number of ether oxygens (including phenoxy) is 2. The average Bonchev–Trinajstić information content (AvgIpc) is 2.73. The molecule has 0 fully saturated rings. The molecule has 6 nitrogen and oxygen atoms in total. The first-order valence-corrected chi connectivity index (χ1v) is 10.3. The normalized spacial score (nSPS) is 11.7. The van der Waals surface area contributed by atoms with E-state index in [1.807, 2.05) is 32.0 Å². The Bertz CT molecular complexity index is 853. The fourth-order valence-corrected chi connectivity index (χ4v) is 3.16. The maximum Gasteiger partial charge on any atom is 0.251 e. The summed E-state index contributed by atoms with van der Waals surface area (Å²) >= 11 is 5.87. The molecule has 0 spiro atoms. The fraction of sp³-hybridized carbons (Fsp3) is 0.391. The standard InChI is InChI=1S/C23H29ClN2O4/c1-15(2)13-19(26-22(27)17-6-8-18(24)9-7-17)23(28)25-12-11-16-5-10-20(29-3)21(14-16)30-4/h5-10,14-15,19H,11-13H2,1-4H3,(H,25,28)(H,26,27). The minimum atomic E-state index is -0.612. The molecule has 0 aliphatic rings. The highest BCUT2D eigenvalue weighted by Crippen LogP contribution is 2.27. The van der Waals surface area contributed by atoms with Crippen LogP contribution in [0.2, 0.25) is 5.02 Å². The topological polar surface area (TPSA) is 76.7 Å². The van der Waals surface area contributed by atoms with Crippen LogP contribution in [-0.2, 0) is 11.2 Å². The van der Waals surface area contributed by atoms with E-state index in [0.29, 0.717) is 41.5 Å². The number of methoxy groups -OCH3 is 2. The number of nitrogens with one attached hydrogen (secondary N) is 2. The van der Waals surface area contributed by atoms with Crippen molar-refractivity contribution >= 4 is 23.4 Å². The third kappa shape index (κ3) is 6.95. The molecule has 1 atom stereocenters. The van der Waals surface area contributed by atoms with Gasteiger partial charge in [-0.15, -0.1) is 0 Å². The molecule has 0 bridgehead atoms. The second-order valence-corrected chi connectivity index (χ2v) is 7.83. The van der Waals surface area contributed by atoms with E-state index < -0.39 is 6.04 Å². The highest BCUT2D eigenvalue weighted by molar-refractivity contribution is 6.30. The first-order valence-electron chi connectivity index (χ1n) is 9.89. The Balaban J connectivity index is 1.96. The van der Waals surface area contributed by atoms with Crippen LogP contribution in [0, 0.1) is 5.92 Å². The number of carbonyl (C=O) groups is 2. The van der Waals surface area contributed by atoms with Crippen LogP contribution in [0.3, 0.4) is 0 Å². The third-order valence-corrected chi connectivity index (χ3v) is 4.85. The van der Waals surface area contributed by atoms with Crippen LogP contribution in [0.5, 0.6) is 11.5 Å². The maximum absolute atomic E-state index is 12.7. The molecular weight excluding hydrogens is 404 g/mol. The van der Waals surface area contributed by atoms with Crippen LogP contribution in [0.15, 0.2) is 42.5 Å². The van der Waals surface area contributed by atoms with E-state index in [0.717, 1.165) is 5.56 Å². The molecule has 2 aromatic rings. The molecular formula is C23H29ClN2O4. The second kappa shape index (κ2) is 11.5. The zero-order valence-electron chi connectivity index (χ0n) is 17.8. The molecule has 0 heterocycles. The van der Waals surface area contributed by atoms with Gasteiger partial charge in [0.2, 0.25) is 5.91 Å². The Hall–Kier alpha value is -2.73. The number of halogens is 1. The van der Waals surface area contributed by atoms with Crippen LogP contribution in [0.25, 0.3) is 0 Å². The Morgan fingerprint density at radius 1 is 1.00 bits per heavy atom. The van der Waals surface area contributed by atoms with Crippen molar-refractivity contribution < 1.29 is 19.1 Å². The van der Waals surface area contributed by atoms with Crippen LogP contribution in [-0.4, -0.2) is 38.6 Å². The number of hydrogen-bond acceptors (Lipinski definition) is 4. The van der Waals surface area contributed by atoms with Crippen molar-refractivity contribution in [2.45, 2.75) is 32.7 Å². The molecule has 7 heteroatoms. The lowest BCUT2D eigenvalue weighted by molar-refractivity contribution is -0.123. The molecule has 2 amide bonds. The predicted octanol–water partition coefficient (Wildman–Crippen LogP) is 3.86. The molecule has 2 aromatic carbocycles. The van der Waals surface area contributed by atoms with Crippen LogP contribution < -0.4 is 20.1 Å². The lowest BCUT2D eigenvalue weighted by Gasteiger charge is -2.20. The summed E-state index contributed by atoms with van der Waals surface area (Å²) in [6.45, 7) is 4.47. The highest BCUT2D eigenvalue weighted by Gasteiger charge is 2.22. The van der Waals surface area contributed by atoms with Crippen LogP contribution in [0.4, 0.5) is 0 Å². The summed E-state index contributed by atoms with van der Waals surface area (Å²) in [7, 11) is 3.17. The van der Waals surface area contributed by atoms with Gasteiger partial charge in [0.1, 0.15) is 6.04 Å². The maximum atomic E-state index is 12.7. The van der Waals surface area contributed by atoms with E-state index in [1.165, 1.54) is 0 Å². The van der Waals surface area contributed by atoms with Gasteiger partial charge >= 0.3 is 0 Å². The van der Waals surface area contributed by atoms with Gasteiger partial charge in [-0.05, 0) is 60.7 Å².